The average Bonchev–Trinajstić information content (AvgIpc) is 2.85. The Bertz CT molecular complexity index is 1070. The van der Waals surface area contributed by atoms with Crippen LogP contribution in [0.4, 0.5) is 5.69 Å². The highest BCUT2D eigenvalue weighted by molar-refractivity contribution is 6.02. The first-order valence-electron chi connectivity index (χ1n) is 11.5. The van der Waals surface area contributed by atoms with Gasteiger partial charge in [-0.3, -0.25) is 0 Å². The third kappa shape index (κ3) is 4.15. The molecular formula is C28H31N3O. The number of methoxy groups -OCH3 is 1. The topological polar surface area (TPSA) is 28.1 Å². The van der Waals surface area contributed by atoms with Crippen LogP contribution in [0.2, 0.25) is 0 Å². The molecule has 0 aliphatic carbocycles. The molecule has 32 heavy (non-hydrogen) atoms. The van der Waals surface area contributed by atoms with Crippen LogP contribution in [-0.4, -0.2) is 49.4 Å². The monoisotopic (exact) mass is 425 g/mol. The van der Waals surface area contributed by atoms with E-state index in [4.69, 9.17) is 9.73 Å². The molecule has 0 bridgehead atoms. The second-order valence-corrected chi connectivity index (χ2v) is 8.94. The molecule has 3 aromatic rings. The molecule has 5 rings (SSSR count). The van der Waals surface area contributed by atoms with Gasteiger partial charge in [0.25, 0.3) is 0 Å². The Kier molecular flexibility index (Phi) is 5.95. The van der Waals surface area contributed by atoms with Crippen molar-refractivity contribution in [3.05, 3.63) is 95.6 Å². The summed E-state index contributed by atoms with van der Waals surface area (Å²) >= 11 is 0. The molecule has 1 atom stereocenters. The van der Waals surface area contributed by atoms with Crippen LogP contribution in [0, 0.1) is 5.92 Å². The third-order valence-corrected chi connectivity index (χ3v) is 6.78. The number of fused-ring (bicyclic) bond motifs is 1. The van der Waals surface area contributed by atoms with Crippen LogP contribution in [0.3, 0.4) is 0 Å². The third-order valence-electron chi connectivity index (χ3n) is 6.78. The van der Waals surface area contributed by atoms with Crippen molar-refractivity contribution in [2.24, 2.45) is 10.9 Å². The van der Waals surface area contributed by atoms with Gasteiger partial charge in [-0.2, -0.15) is 0 Å². The second-order valence-electron chi connectivity index (χ2n) is 8.94. The molecule has 0 aromatic heterocycles. The molecule has 1 saturated heterocycles. The van der Waals surface area contributed by atoms with Gasteiger partial charge in [-0.25, -0.2) is 4.99 Å². The van der Waals surface area contributed by atoms with E-state index < -0.39 is 0 Å². The lowest BCUT2D eigenvalue weighted by atomic mass is 9.89. The molecule has 0 radical (unpaired) electrons. The van der Waals surface area contributed by atoms with E-state index in [0.717, 1.165) is 29.4 Å². The van der Waals surface area contributed by atoms with Gasteiger partial charge >= 0.3 is 0 Å². The number of aliphatic imine (C=N–C) groups is 1. The number of hydrogen-bond acceptors (Lipinski definition) is 4. The number of ether oxygens (including phenoxy) is 1. The van der Waals surface area contributed by atoms with Gasteiger partial charge in [0.05, 0.1) is 18.8 Å². The van der Waals surface area contributed by atoms with E-state index in [1.54, 1.807) is 7.11 Å². The fraction of sp³-hybridized carbons (Fsp3) is 0.321. The van der Waals surface area contributed by atoms with Gasteiger partial charge in [-0.05, 0) is 50.5 Å². The Morgan fingerprint density at radius 2 is 1.59 bits per heavy atom. The molecule has 164 valence electrons. The van der Waals surface area contributed by atoms with Crippen molar-refractivity contribution in [1.29, 1.82) is 0 Å². The maximum atomic E-state index is 5.53. The summed E-state index contributed by atoms with van der Waals surface area (Å²) in [5.41, 5.74) is 4.70. The number of rotatable bonds is 5. The summed E-state index contributed by atoms with van der Waals surface area (Å²) in [7, 11) is 3.94. The highest BCUT2D eigenvalue weighted by atomic mass is 16.5. The number of hydrogen-bond donors (Lipinski definition) is 0. The molecule has 2 aliphatic heterocycles. The molecule has 0 saturated carbocycles. The van der Waals surface area contributed by atoms with E-state index in [-0.39, 0.29) is 6.04 Å². The minimum Gasteiger partial charge on any atom is -0.497 e. The largest absolute Gasteiger partial charge is 0.497 e. The van der Waals surface area contributed by atoms with Gasteiger partial charge in [-0.15, -0.1) is 0 Å². The van der Waals surface area contributed by atoms with E-state index in [1.807, 2.05) is 0 Å². The van der Waals surface area contributed by atoms with Gasteiger partial charge in [0.2, 0.25) is 0 Å². The molecule has 3 aromatic carbocycles. The van der Waals surface area contributed by atoms with E-state index >= 15 is 0 Å². The lowest BCUT2D eigenvalue weighted by Gasteiger charge is -2.42. The van der Waals surface area contributed by atoms with E-state index in [1.165, 1.54) is 37.1 Å². The van der Waals surface area contributed by atoms with Crippen molar-refractivity contribution < 1.29 is 4.74 Å². The molecule has 1 unspecified atom stereocenters. The van der Waals surface area contributed by atoms with E-state index in [2.05, 4.69) is 95.7 Å². The normalized spacial score (nSPS) is 19.4. The number of piperidine rings is 1. The predicted molar refractivity (Wildman–Crippen MR) is 131 cm³/mol. The smallest absolute Gasteiger partial charge is 0.137 e. The number of nitrogens with zero attached hydrogens (tertiary/aromatic N) is 3. The van der Waals surface area contributed by atoms with Crippen molar-refractivity contribution in [1.82, 2.24) is 9.80 Å². The average molecular weight is 426 g/mol. The van der Waals surface area contributed by atoms with Crippen LogP contribution in [0.25, 0.3) is 0 Å². The zero-order valence-corrected chi connectivity index (χ0v) is 18.9. The van der Waals surface area contributed by atoms with Gasteiger partial charge < -0.3 is 14.5 Å². The summed E-state index contributed by atoms with van der Waals surface area (Å²) < 4.78 is 5.53. The quantitative estimate of drug-likeness (QED) is 0.539. The first-order chi connectivity index (χ1) is 15.7. The summed E-state index contributed by atoms with van der Waals surface area (Å²) in [6, 6.07) is 27.9. The molecular weight excluding hydrogens is 394 g/mol. The van der Waals surface area contributed by atoms with E-state index in [0.29, 0.717) is 5.92 Å². The minimum absolute atomic E-state index is 0.129. The highest BCUT2D eigenvalue weighted by Gasteiger charge is 2.34. The van der Waals surface area contributed by atoms with Crippen LogP contribution in [0.1, 0.15) is 35.6 Å². The summed E-state index contributed by atoms with van der Waals surface area (Å²) in [4.78, 5) is 10.2. The van der Waals surface area contributed by atoms with Gasteiger partial charge in [-0.1, -0.05) is 66.7 Å². The van der Waals surface area contributed by atoms with Crippen LogP contribution in [-0.2, 0) is 0 Å². The standard InChI is InChI=1S/C28H31N3O/c1-30-17-15-21(16-18-30)20-31-27(22-9-5-3-6-10-22)25-14-13-24(32-2)19-26(25)29-28(31)23-11-7-4-8-12-23/h3-14,19,21,27H,15-18,20H2,1-2H3. The number of likely N-dealkylation sites (tertiary alicyclic amines) is 1. The Balaban J connectivity index is 1.63. The van der Waals surface area contributed by atoms with Gasteiger partial charge in [0.1, 0.15) is 11.6 Å². The first-order valence-corrected chi connectivity index (χ1v) is 11.5. The van der Waals surface area contributed by atoms with Crippen molar-refractivity contribution >= 4 is 11.5 Å². The molecule has 2 aliphatic rings. The lowest BCUT2D eigenvalue weighted by Crippen LogP contribution is -2.43. The Hall–Kier alpha value is -3.11. The minimum atomic E-state index is 0.129. The van der Waals surface area contributed by atoms with Crippen molar-refractivity contribution in [2.45, 2.75) is 18.9 Å². The Morgan fingerprint density at radius 3 is 2.28 bits per heavy atom. The molecule has 2 heterocycles. The SMILES string of the molecule is COc1ccc2c(c1)N=C(c1ccccc1)N(CC1CCN(C)CC1)C2c1ccccc1. The summed E-state index contributed by atoms with van der Waals surface area (Å²) in [6.45, 7) is 3.34. The van der Waals surface area contributed by atoms with Crippen LogP contribution in [0.15, 0.2) is 83.9 Å². The fourth-order valence-corrected chi connectivity index (χ4v) is 4.97. The zero-order chi connectivity index (χ0) is 21.9. The summed E-state index contributed by atoms with van der Waals surface area (Å²) in [6.07, 6.45) is 2.46. The summed E-state index contributed by atoms with van der Waals surface area (Å²) in [5, 5.41) is 0. The van der Waals surface area contributed by atoms with E-state index in [9.17, 15) is 0 Å². The number of benzene rings is 3. The second kappa shape index (κ2) is 9.17. The van der Waals surface area contributed by atoms with Crippen molar-refractivity contribution in [2.75, 3.05) is 33.8 Å². The fourth-order valence-electron chi connectivity index (χ4n) is 4.97. The van der Waals surface area contributed by atoms with Gasteiger partial charge in [0.15, 0.2) is 0 Å². The maximum absolute atomic E-state index is 5.53. The molecule has 4 heteroatoms. The Morgan fingerprint density at radius 1 is 0.906 bits per heavy atom. The number of amidine groups is 1. The summed E-state index contributed by atoms with van der Waals surface area (Å²) in [5.74, 6) is 2.56. The van der Waals surface area contributed by atoms with Gasteiger partial charge in [0, 0.05) is 23.7 Å². The molecule has 4 nitrogen and oxygen atoms in total. The highest BCUT2D eigenvalue weighted by Crippen LogP contribution is 2.42. The Labute approximate surface area is 191 Å². The first kappa shape index (κ1) is 20.8. The van der Waals surface area contributed by atoms with Crippen LogP contribution in [0.5, 0.6) is 5.75 Å². The predicted octanol–water partition coefficient (Wildman–Crippen LogP) is 5.52. The molecule has 0 spiro atoms. The van der Waals surface area contributed by atoms with Crippen LogP contribution >= 0.6 is 0 Å². The zero-order valence-electron chi connectivity index (χ0n) is 18.9. The van der Waals surface area contributed by atoms with Crippen LogP contribution < -0.4 is 4.74 Å². The maximum Gasteiger partial charge on any atom is 0.137 e. The van der Waals surface area contributed by atoms with Crippen molar-refractivity contribution in [3.63, 3.8) is 0 Å². The molecule has 1 fully saturated rings. The van der Waals surface area contributed by atoms with Crippen molar-refractivity contribution in [3.8, 4) is 5.75 Å². The molecule has 0 amide bonds. The molecule has 0 N–H and O–H groups in total. The lowest BCUT2D eigenvalue weighted by molar-refractivity contribution is 0.182.